The summed E-state index contributed by atoms with van der Waals surface area (Å²) < 4.78 is 25.7. The van der Waals surface area contributed by atoms with Gasteiger partial charge in [0.15, 0.2) is 11.5 Å². The van der Waals surface area contributed by atoms with Crippen molar-refractivity contribution in [3.63, 3.8) is 0 Å². The minimum atomic E-state index is -4.58. The van der Waals surface area contributed by atoms with Crippen molar-refractivity contribution in [2.24, 2.45) is 5.92 Å². The van der Waals surface area contributed by atoms with Gasteiger partial charge in [0.1, 0.15) is 0 Å². The lowest BCUT2D eigenvalue weighted by atomic mass is 10.0. The van der Waals surface area contributed by atoms with Gasteiger partial charge in [0.25, 0.3) is 5.91 Å². The monoisotopic (exact) mass is 345 g/mol. The number of amides is 1. The molecule has 0 aromatic heterocycles. The van der Waals surface area contributed by atoms with Gasteiger partial charge in [-0.1, -0.05) is 13.8 Å². The summed E-state index contributed by atoms with van der Waals surface area (Å²) in [5.74, 6) is 0.912. The van der Waals surface area contributed by atoms with E-state index in [1.165, 1.54) is 0 Å². The molecule has 0 spiro atoms. The summed E-state index contributed by atoms with van der Waals surface area (Å²) in [6.07, 6.45) is 0.524. The summed E-state index contributed by atoms with van der Waals surface area (Å²) in [6.45, 7) is 3.74. The zero-order valence-corrected chi connectivity index (χ0v) is 13.8. The van der Waals surface area contributed by atoms with Crippen LogP contribution < -0.4 is 14.8 Å². The quantitative estimate of drug-likeness (QED) is 0.644. The van der Waals surface area contributed by atoms with Gasteiger partial charge in [-0.05, 0) is 30.5 Å². The fraction of sp³-hybridized carbons (Fsp3) is 0.500. The number of benzene rings is 1. The first-order valence-electron chi connectivity index (χ1n) is 7.15. The first kappa shape index (κ1) is 17.7. The van der Waals surface area contributed by atoms with Crippen LogP contribution in [0.4, 0.5) is 0 Å². The molecule has 1 atom stereocenters. The van der Waals surface area contributed by atoms with Crippen LogP contribution in [-0.2, 0) is 9.09 Å². The molecule has 1 unspecified atom stereocenters. The molecule has 2 rings (SSSR count). The van der Waals surface area contributed by atoms with Crippen molar-refractivity contribution in [3.8, 4) is 11.5 Å². The number of ether oxygens (including phenoxy) is 2. The van der Waals surface area contributed by atoms with Crippen LogP contribution >= 0.6 is 7.82 Å². The molecule has 3 N–H and O–H groups in total. The number of phosphoric acid groups is 1. The molecule has 1 heterocycles. The predicted octanol–water partition coefficient (Wildman–Crippen LogP) is 1.67. The van der Waals surface area contributed by atoms with Gasteiger partial charge >= 0.3 is 7.82 Å². The van der Waals surface area contributed by atoms with E-state index >= 15 is 0 Å². The normalized spacial score (nSPS) is 14.8. The Bertz CT molecular complexity index is 613. The van der Waals surface area contributed by atoms with Gasteiger partial charge in [-0.25, -0.2) is 4.57 Å². The zero-order valence-electron chi connectivity index (χ0n) is 12.9. The number of carbonyl (C=O) groups excluding carboxylic acids is 1. The number of carbonyl (C=O) groups is 1. The van der Waals surface area contributed by atoms with Crippen LogP contribution in [0.3, 0.4) is 0 Å². The van der Waals surface area contributed by atoms with E-state index in [4.69, 9.17) is 19.3 Å². The van der Waals surface area contributed by atoms with Crippen LogP contribution in [0, 0.1) is 5.92 Å². The van der Waals surface area contributed by atoms with E-state index in [0.717, 1.165) is 0 Å². The highest BCUT2D eigenvalue weighted by atomic mass is 31.2. The predicted molar refractivity (Wildman–Crippen MR) is 81.3 cm³/mol. The average Bonchev–Trinajstić information content (AvgIpc) is 2.90. The summed E-state index contributed by atoms with van der Waals surface area (Å²) in [5.41, 5.74) is 0.374. The molecule has 0 bridgehead atoms. The maximum Gasteiger partial charge on any atom is 0.469 e. The van der Waals surface area contributed by atoms with E-state index in [9.17, 15) is 9.36 Å². The molecule has 1 aliphatic heterocycles. The standard InChI is InChI=1S/C14H20NO7P/c1-9(2)5-11(7-22-23(17,18)19)15-14(16)10-3-4-12-13(6-10)21-8-20-12/h3-4,6,9,11H,5,7-8H2,1-2H3,(H,15,16)(H2,17,18,19). The Balaban J connectivity index is 2.02. The molecule has 1 amide bonds. The molecule has 1 aromatic carbocycles. The fourth-order valence-electron chi connectivity index (χ4n) is 2.23. The van der Waals surface area contributed by atoms with Gasteiger partial charge in [-0.3, -0.25) is 9.32 Å². The largest absolute Gasteiger partial charge is 0.469 e. The van der Waals surface area contributed by atoms with Crippen molar-refractivity contribution in [2.75, 3.05) is 13.4 Å². The molecule has 0 fully saturated rings. The van der Waals surface area contributed by atoms with Crippen molar-refractivity contribution >= 4 is 13.7 Å². The SMILES string of the molecule is CC(C)CC(COP(=O)(O)O)NC(=O)c1ccc2c(c1)OCO2. The van der Waals surface area contributed by atoms with Crippen LogP contribution in [0.5, 0.6) is 11.5 Å². The van der Waals surface area contributed by atoms with E-state index < -0.39 is 13.9 Å². The van der Waals surface area contributed by atoms with E-state index in [1.54, 1.807) is 18.2 Å². The third-order valence-electron chi connectivity index (χ3n) is 3.17. The third-order valence-corrected chi connectivity index (χ3v) is 3.66. The van der Waals surface area contributed by atoms with Crippen LogP contribution in [-0.4, -0.2) is 35.1 Å². The van der Waals surface area contributed by atoms with Crippen LogP contribution in [0.1, 0.15) is 30.6 Å². The number of hydrogen-bond acceptors (Lipinski definition) is 5. The van der Waals surface area contributed by atoms with Gasteiger partial charge < -0.3 is 24.6 Å². The Morgan fingerprint density at radius 1 is 1.35 bits per heavy atom. The molecule has 9 heteroatoms. The maximum absolute atomic E-state index is 12.3. The molecule has 0 saturated heterocycles. The number of rotatable bonds is 7. The fourth-order valence-corrected chi connectivity index (χ4v) is 2.61. The van der Waals surface area contributed by atoms with Gasteiger partial charge in [-0.2, -0.15) is 0 Å². The smallest absolute Gasteiger partial charge is 0.454 e. The van der Waals surface area contributed by atoms with E-state index in [2.05, 4.69) is 9.84 Å². The maximum atomic E-state index is 12.3. The van der Waals surface area contributed by atoms with Crippen molar-refractivity contribution in [3.05, 3.63) is 23.8 Å². The van der Waals surface area contributed by atoms with E-state index in [1.807, 2.05) is 13.8 Å². The molecule has 0 saturated carbocycles. The first-order valence-corrected chi connectivity index (χ1v) is 8.68. The summed E-state index contributed by atoms with van der Waals surface area (Å²) in [5, 5.41) is 2.72. The molecule has 128 valence electrons. The van der Waals surface area contributed by atoms with Crippen molar-refractivity contribution < 1.29 is 33.1 Å². The van der Waals surface area contributed by atoms with Crippen molar-refractivity contribution in [2.45, 2.75) is 26.3 Å². The second-order valence-corrected chi connectivity index (χ2v) is 6.89. The first-order chi connectivity index (χ1) is 10.7. The van der Waals surface area contributed by atoms with Crippen LogP contribution in [0.2, 0.25) is 0 Å². The molecular formula is C14H20NO7P. The van der Waals surface area contributed by atoms with Gasteiger partial charge in [-0.15, -0.1) is 0 Å². The van der Waals surface area contributed by atoms with Crippen LogP contribution in [0.25, 0.3) is 0 Å². The Labute approximate surface area is 134 Å². The van der Waals surface area contributed by atoms with Crippen molar-refractivity contribution in [1.82, 2.24) is 5.32 Å². The lowest BCUT2D eigenvalue weighted by molar-refractivity contribution is 0.0899. The Kier molecular flexibility index (Phi) is 5.64. The third kappa shape index (κ3) is 5.51. The number of nitrogens with one attached hydrogen (secondary N) is 1. The van der Waals surface area contributed by atoms with Gasteiger partial charge in [0.2, 0.25) is 6.79 Å². The van der Waals surface area contributed by atoms with E-state index in [-0.39, 0.29) is 25.2 Å². The molecule has 0 radical (unpaired) electrons. The molecule has 23 heavy (non-hydrogen) atoms. The topological polar surface area (TPSA) is 114 Å². The lowest BCUT2D eigenvalue weighted by Gasteiger charge is -2.21. The molecule has 1 aromatic rings. The van der Waals surface area contributed by atoms with Crippen LogP contribution in [0.15, 0.2) is 18.2 Å². The lowest BCUT2D eigenvalue weighted by Crippen LogP contribution is -2.39. The summed E-state index contributed by atoms with van der Waals surface area (Å²) in [6, 6.07) is 4.29. The summed E-state index contributed by atoms with van der Waals surface area (Å²) in [7, 11) is -4.58. The summed E-state index contributed by atoms with van der Waals surface area (Å²) >= 11 is 0. The molecule has 8 nitrogen and oxygen atoms in total. The number of hydrogen-bond donors (Lipinski definition) is 3. The second-order valence-electron chi connectivity index (χ2n) is 5.65. The van der Waals surface area contributed by atoms with E-state index in [0.29, 0.717) is 23.5 Å². The highest BCUT2D eigenvalue weighted by Crippen LogP contribution is 2.36. The second kappa shape index (κ2) is 7.31. The molecule has 0 aliphatic carbocycles. The highest BCUT2D eigenvalue weighted by molar-refractivity contribution is 7.46. The Hall–Kier alpha value is -1.60. The van der Waals surface area contributed by atoms with Gasteiger partial charge in [0.05, 0.1) is 12.6 Å². The Morgan fingerprint density at radius 3 is 2.70 bits per heavy atom. The molecule has 1 aliphatic rings. The number of fused-ring (bicyclic) bond motifs is 1. The molecular weight excluding hydrogens is 325 g/mol. The minimum Gasteiger partial charge on any atom is -0.454 e. The highest BCUT2D eigenvalue weighted by Gasteiger charge is 2.22. The Morgan fingerprint density at radius 2 is 2.04 bits per heavy atom. The number of phosphoric ester groups is 1. The summed E-state index contributed by atoms with van der Waals surface area (Å²) in [4.78, 5) is 29.9. The van der Waals surface area contributed by atoms with Crippen molar-refractivity contribution in [1.29, 1.82) is 0 Å². The zero-order chi connectivity index (χ0) is 17.0. The average molecular weight is 345 g/mol. The van der Waals surface area contributed by atoms with Gasteiger partial charge in [0, 0.05) is 5.56 Å². The minimum absolute atomic E-state index is 0.118.